The van der Waals surface area contributed by atoms with Gasteiger partial charge in [-0.1, -0.05) is 30.3 Å². The van der Waals surface area contributed by atoms with E-state index in [2.05, 4.69) is 0 Å². The fourth-order valence-corrected chi connectivity index (χ4v) is 3.23. The van der Waals surface area contributed by atoms with Gasteiger partial charge in [-0.3, -0.25) is 14.3 Å². The third-order valence-corrected chi connectivity index (χ3v) is 4.67. The largest absolute Gasteiger partial charge is 0.508 e. The van der Waals surface area contributed by atoms with Crippen molar-refractivity contribution in [1.29, 1.82) is 0 Å². The van der Waals surface area contributed by atoms with Gasteiger partial charge in [-0.2, -0.15) is 0 Å². The Balaban J connectivity index is 1.89. The molecule has 28 heavy (non-hydrogen) atoms. The zero-order valence-electron chi connectivity index (χ0n) is 15.5. The van der Waals surface area contributed by atoms with Gasteiger partial charge in [0.1, 0.15) is 5.75 Å². The molecule has 0 aliphatic heterocycles. The number of anilines is 1. The van der Waals surface area contributed by atoms with Crippen LogP contribution in [0.25, 0.3) is 0 Å². The van der Waals surface area contributed by atoms with Crippen molar-refractivity contribution < 1.29 is 19.8 Å². The quantitative estimate of drug-likeness (QED) is 0.676. The van der Waals surface area contributed by atoms with Gasteiger partial charge < -0.3 is 10.2 Å². The highest BCUT2D eigenvalue weighted by Crippen LogP contribution is 2.27. The van der Waals surface area contributed by atoms with Gasteiger partial charge in [0.25, 0.3) is 0 Å². The molecule has 1 aromatic heterocycles. The van der Waals surface area contributed by atoms with E-state index >= 15 is 0 Å². The fourth-order valence-electron chi connectivity index (χ4n) is 3.23. The summed E-state index contributed by atoms with van der Waals surface area (Å²) < 4.78 is 1.50. The molecule has 2 aromatic carbocycles. The standard InChI is InChI=1S/C22H22N2O4/c1-23(18-6-3-2-4-7-18)22(28)24-13-5-8-20(24)17(15-21(26)27)14-16-9-11-19(25)12-10-16/h2-13,17,25H,14-15H2,1H3,(H,26,27). The van der Waals surface area contributed by atoms with Crippen molar-refractivity contribution in [2.24, 2.45) is 0 Å². The van der Waals surface area contributed by atoms with Crippen LogP contribution in [0.4, 0.5) is 10.5 Å². The first kappa shape index (κ1) is 19.2. The Morgan fingerprint density at radius 3 is 2.32 bits per heavy atom. The number of hydrogen-bond donors (Lipinski definition) is 2. The second-order valence-electron chi connectivity index (χ2n) is 6.65. The Morgan fingerprint density at radius 2 is 1.68 bits per heavy atom. The maximum Gasteiger partial charge on any atom is 0.332 e. The van der Waals surface area contributed by atoms with Crippen molar-refractivity contribution in [2.45, 2.75) is 18.8 Å². The first-order valence-electron chi connectivity index (χ1n) is 8.95. The zero-order chi connectivity index (χ0) is 20.1. The molecule has 0 bridgehead atoms. The number of carbonyl (C=O) groups is 2. The third kappa shape index (κ3) is 4.40. The number of phenolic OH excluding ortho intramolecular Hbond substituents is 1. The first-order valence-corrected chi connectivity index (χ1v) is 8.95. The summed E-state index contributed by atoms with van der Waals surface area (Å²) in [6, 6.07) is 19.2. The van der Waals surface area contributed by atoms with E-state index in [0.29, 0.717) is 12.1 Å². The van der Waals surface area contributed by atoms with Crippen LogP contribution in [0.3, 0.4) is 0 Å². The molecule has 1 atom stereocenters. The fraction of sp³-hybridized carbons (Fsp3) is 0.182. The maximum atomic E-state index is 13.0. The van der Waals surface area contributed by atoms with E-state index in [1.807, 2.05) is 30.3 Å². The molecule has 6 nitrogen and oxygen atoms in total. The number of rotatable bonds is 6. The number of carboxylic acids is 1. The minimum atomic E-state index is -0.930. The lowest BCUT2D eigenvalue weighted by Crippen LogP contribution is -2.32. The average Bonchev–Trinajstić information content (AvgIpc) is 3.18. The van der Waals surface area contributed by atoms with Crippen LogP contribution in [-0.2, 0) is 11.2 Å². The lowest BCUT2D eigenvalue weighted by Gasteiger charge is -2.22. The SMILES string of the molecule is CN(C(=O)n1cccc1C(CC(=O)O)Cc1ccc(O)cc1)c1ccccc1. The first-order chi connectivity index (χ1) is 13.5. The van der Waals surface area contributed by atoms with Gasteiger partial charge >= 0.3 is 12.0 Å². The van der Waals surface area contributed by atoms with Crippen LogP contribution in [-0.4, -0.2) is 33.8 Å². The highest BCUT2D eigenvalue weighted by Gasteiger charge is 2.23. The number of nitrogens with zero attached hydrogens (tertiary/aromatic N) is 2. The van der Waals surface area contributed by atoms with Crippen LogP contribution < -0.4 is 4.90 Å². The summed E-state index contributed by atoms with van der Waals surface area (Å²) in [6.45, 7) is 0. The van der Waals surface area contributed by atoms with Crippen molar-refractivity contribution in [3.8, 4) is 5.75 Å². The number of aliphatic carboxylic acids is 1. The summed E-state index contributed by atoms with van der Waals surface area (Å²) in [4.78, 5) is 26.0. The summed E-state index contributed by atoms with van der Waals surface area (Å²) in [5, 5.41) is 18.8. The number of amides is 1. The molecule has 3 aromatic rings. The van der Waals surface area contributed by atoms with Gasteiger partial charge in [-0.05, 0) is 48.4 Å². The normalized spacial score (nSPS) is 11.8. The number of carbonyl (C=O) groups excluding carboxylic acids is 1. The Labute approximate surface area is 163 Å². The molecule has 0 saturated heterocycles. The Morgan fingerprint density at radius 1 is 1.00 bits per heavy atom. The molecule has 0 aliphatic rings. The Kier molecular flexibility index (Phi) is 5.79. The van der Waals surface area contributed by atoms with Crippen molar-refractivity contribution >= 4 is 17.7 Å². The molecule has 3 rings (SSSR count). The van der Waals surface area contributed by atoms with Crippen LogP contribution in [0.15, 0.2) is 72.9 Å². The van der Waals surface area contributed by atoms with Crippen LogP contribution in [0, 0.1) is 0 Å². The number of para-hydroxylation sites is 1. The molecule has 2 N–H and O–H groups in total. The predicted octanol–water partition coefficient (Wildman–Crippen LogP) is 4.10. The van der Waals surface area contributed by atoms with Crippen molar-refractivity contribution in [2.75, 3.05) is 11.9 Å². The summed E-state index contributed by atoms with van der Waals surface area (Å²) in [7, 11) is 1.69. The predicted molar refractivity (Wildman–Crippen MR) is 107 cm³/mol. The van der Waals surface area contributed by atoms with E-state index in [1.54, 1.807) is 49.6 Å². The monoisotopic (exact) mass is 378 g/mol. The number of aromatic nitrogens is 1. The number of carboxylic acid groups (broad SMARTS) is 1. The Hall–Kier alpha value is -3.54. The lowest BCUT2D eigenvalue weighted by atomic mass is 9.93. The van der Waals surface area contributed by atoms with Gasteiger partial charge in [-0.25, -0.2) is 4.79 Å². The molecule has 144 valence electrons. The molecule has 0 spiro atoms. The molecular weight excluding hydrogens is 356 g/mol. The van der Waals surface area contributed by atoms with Gasteiger partial charge in [0.15, 0.2) is 0 Å². The molecular formula is C22H22N2O4. The van der Waals surface area contributed by atoms with Crippen molar-refractivity contribution in [3.63, 3.8) is 0 Å². The molecule has 6 heteroatoms. The number of phenols is 1. The Bertz CT molecular complexity index is 948. The van der Waals surface area contributed by atoms with Gasteiger partial charge in [-0.15, -0.1) is 0 Å². The van der Waals surface area contributed by atoms with Crippen LogP contribution in [0.2, 0.25) is 0 Å². The maximum absolute atomic E-state index is 13.0. The van der Waals surface area contributed by atoms with Crippen LogP contribution in [0.5, 0.6) is 5.75 Å². The summed E-state index contributed by atoms with van der Waals surface area (Å²) in [6.07, 6.45) is 1.99. The number of aromatic hydroxyl groups is 1. The number of benzene rings is 2. The summed E-state index contributed by atoms with van der Waals surface area (Å²) >= 11 is 0. The molecule has 0 aliphatic carbocycles. The van der Waals surface area contributed by atoms with Gasteiger partial charge in [0.2, 0.25) is 0 Å². The van der Waals surface area contributed by atoms with E-state index in [0.717, 1.165) is 11.3 Å². The second-order valence-corrected chi connectivity index (χ2v) is 6.65. The minimum Gasteiger partial charge on any atom is -0.508 e. The van der Waals surface area contributed by atoms with Crippen molar-refractivity contribution in [1.82, 2.24) is 4.57 Å². The van der Waals surface area contributed by atoms with Crippen LogP contribution >= 0.6 is 0 Å². The molecule has 1 heterocycles. The second kappa shape index (κ2) is 8.43. The highest BCUT2D eigenvalue weighted by molar-refractivity contribution is 5.93. The number of hydrogen-bond acceptors (Lipinski definition) is 3. The minimum absolute atomic E-state index is 0.104. The highest BCUT2D eigenvalue weighted by atomic mass is 16.4. The van der Waals surface area contributed by atoms with Gasteiger partial charge in [0, 0.05) is 30.5 Å². The third-order valence-electron chi connectivity index (χ3n) is 4.67. The molecule has 0 radical (unpaired) electrons. The van der Waals surface area contributed by atoms with E-state index in [9.17, 15) is 19.8 Å². The summed E-state index contributed by atoms with van der Waals surface area (Å²) in [5.74, 6) is -1.16. The topological polar surface area (TPSA) is 82.8 Å². The summed E-state index contributed by atoms with van der Waals surface area (Å²) in [5.41, 5.74) is 2.28. The van der Waals surface area contributed by atoms with Crippen LogP contribution in [0.1, 0.15) is 23.6 Å². The molecule has 1 amide bonds. The molecule has 0 fully saturated rings. The van der Waals surface area contributed by atoms with E-state index in [1.165, 1.54) is 9.47 Å². The average molecular weight is 378 g/mol. The molecule has 1 unspecified atom stereocenters. The van der Waals surface area contributed by atoms with E-state index in [-0.39, 0.29) is 24.1 Å². The van der Waals surface area contributed by atoms with Crippen molar-refractivity contribution in [3.05, 3.63) is 84.2 Å². The lowest BCUT2D eigenvalue weighted by molar-refractivity contribution is -0.137. The van der Waals surface area contributed by atoms with E-state index < -0.39 is 5.97 Å². The van der Waals surface area contributed by atoms with E-state index in [4.69, 9.17) is 0 Å². The molecule has 0 saturated carbocycles. The van der Waals surface area contributed by atoms with Gasteiger partial charge in [0.05, 0.1) is 6.42 Å². The smallest absolute Gasteiger partial charge is 0.332 e. The zero-order valence-corrected chi connectivity index (χ0v) is 15.5.